The highest BCUT2D eigenvalue weighted by molar-refractivity contribution is 7.47. The van der Waals surface area contributed by atoms with E-state index in [4.69, 9.17) is 37.0 Å². The highest BCUT2D eigenvalue weighted by atomic mass is 31.2. The summed E-state index contributed by atoms with van der Waals surface area (Å²) in [5.41, 5.74) is 0. The first-order chi connectivity index (χ1) is 50.9. The van der Waals surface area contributed by atoms with Gasteiger partial charge in [0.05, 0.1) is 26.4 Å². The van der Waals surface area contributed by atoms with Crippen LogP contribution in [0.1, 0.15) is 459 Å². The second-order valence-electron chi connectivity index (χ2n) is 31.9. The van der Waals surface area contributed by atoms with Crippen LogP contribution in [0.15, 0.2) is 0 Å². The predicted molar refractivity (Wildman–Crippen MR) is 432 cm³/mol. The van der Waals surface area contributed by atoms with E-state index in [9.17, 15) is 43.2 Å². The smallest absolute Gasteiger partial charge is 0.462 e. The first-order valence-corrected chi connectivity index (χ1v) is 47.5. The summed E-state index contributed by atoms with van der Waals surface area (Å²) in [5.74, 6) is -0.543. The highest BCUT2D eigenvalue weighted by Gasteiger charge is 2.30. The molecule has 0 aromatic rings. The molecule has 0 aliphatic carbocycles. The molecular weight excluding hydrogens is 1370 g/mol. The molecule has 0 aliphatic heterocycles. The minimum Gasteiger partial charge on any atom is -0.462 e. The van der Waals surface area contributed by atoms with Gasteiger partial charge in [-0.1, -0.05) is 408 Å². The first-order valence-electron chi connectivity index (χ1n) is 44.5. The number of rotatable bonds is 85. The Morgan fingerprint density at radius 1 is 0.257 bits per heavy atom. The zero-order valence-corrected chi connectivity index (χ0v) is 70.8. The molecule has 105 heavy (non-hydrogen) atoms. The minimum atomic E-state index is -4.97. The lowest BCUT2D eigenvalue weighted by molar-refractivity contribution is -0.161. The summed E-state index contributed by atoms with van der Waals surface area (Å²) >= 11 is 0. The van der Waals surface area contributed by atoms with Crippen LogP contribution in [0.5, 0.6) is 0 Å². The van der Waals surface area contributed by atoms with Crippen LogP contribution in [0, 0.1) is 11.8 Å². The fourth-order valence-electron chi connectivity index (χ4n) is 13.4. The van der Waals surface area contributed by atoms with E-state index >= 15 is 0 Å². The molecular formula is C86H168O17P2. The molecule has 19 heteroatoms. The van der Waals surface area contributed by atoms with Crippen molar-refractivity contribution in [2.75, 3.05) is 39.6 Å². The van der Waals surface area contributed by atoms with Crippen molar-refractivity contribution < 1.29 is 80.2 Å². The Hall–Kier alpha value is -1.94. The van der Waals surface area contributed by atoms with Gasteiger partial charge < -0.3 is 33.8 Å². The third kappa shape index (κ3) is 79.9. The van der Waals surface area contributed by atoms with Crippen molar-refractivity contribution in [3.63, 3.8) is 0 Å². The molecule has 0 fully saturated rings. The van der Waals surface area contributed by atoms with E-state index in [0.29, 0.717) is 25.7 Å². The van der Waals surface area contributed by atoms with Gasteiger partial charge in [0.1, 0.15) is 19.3 Å². The Labute approximate surface area is 645 Å². The van der Waals surface area contributed by atoms with Crippen LogP contribution in [0.2, 0.25) is 0 Å². The number of phosphoric acid groups is 2. The molecule has 0 radical (unpaired) electrons. The van der Waals surface area contributed by atoms with Gasteiger partial charge in [-0.25, -0.2) is 9.13 Å². The Morgan fingerprint density at radius 2 is 0.438 bits per heavy atom. The van der Waals surface area contributed by atoms with Crippen molar-refractivity contribution in [2.24, 2.45) is 11.8 Å². The van der Waals surface area contributed by atoms with Gasteiger partial charge in [0.2, 0.25) is 0 Å². The van der Waals surface area contributed by atoms with Crippen LogP contribution in [-0.2, 0) is 65.4 Å². The van der Waals surface area contributed by atoms with Gasteiger partial charge >= 0.3 is 39.5 Å². The van der Waals surface area contributed by atoms with E-state index in [1.54, 1.807) is 0 Å². The van der Waals surface area contributed by atoms with E-state index in [1.807, 2.05) is 0 Å². The highest BCUT2D eigenvalue weighted by Crippen LogP contribution is 2.45. The number of esters is 4. The molecule has 0 aliphatic rings. The quantitative estimate of drug-likeness (QED) is 0.0222. The van der Waals surface area contributed by atoms with Crippen molar-refractivity contribution in [1.82, 2.24) is 0 Å². The number of hydrogen-bond acceptors (Lipinski definition) is 15. The Bertz CT molecular complexity index is 2010. The normalized spacial score (nSPS) is 13.8. The standard InChI is InChI=1S/C86H168O17P2/c1-7-9-11-13-15-17-19-21-23-24-25-26-27-28-29-35-39-47-53-59-65-71-86(91)102-81(74-96-83(88)68-62-56-50-44-37-34-31-30-32-36-42-48-54-60-66-78(3)4)76-100-104(92,93)98-72-80(87)73-99-105(94,95)101-77-82(75-97-84(89)69-63-57-51-45-41-40-43-49-55-61-67-79(5)6)103-85(90)70-64-58-52-46-38-33-22-20-18-16-14-12-10-8-2/h78-82,87H,7-77H2,1-6H3,(H,92,93)(H,94,95)/t80-,81-,82-/m1/s1. The number of phosphoric ester groups is 2. The zero-order valence-electron chi connectivity index (χ0n) is 69.0. The van der Waals surface area contributed by atoms with Gasteiger partial charge in [0.25, 0.3) is 0 Å². The molecule has 0 rings (SSSR count). The molecule has 0 amide bonds. The van der Waals surface area contributed by atoms with Crippen LogP contribution < -0.4 is 0 Å². The summed E-state index contributed by atoms with van der Waals surface area (Å²) in [6.45, 7) is 9.69. The van der Waals surface area contributed by atoms with Crippen molar-refractivity contribution in [2.45, 2.75) is 477 Å². The fourth-order valence-corrected chi connectivity index (χ4v) is 15.0. The summed E-state index contributed by atoms with van der Waals surface area (Å²) in [4.78, 5) is 73.3. The summed E-state index contributed by atoms with van der Waals surface area (Å²) in [5, 5.41) is 10.7. The Kier molecular flexibility index (Phi) is 76.0. The minimum absolute atomic E-state index is 0.108. The topological polar surface area (TPSA) is 237 Å². The lowest BCUT2D eigenvalue weighted by atomic mass is 10.0. The maximum atomic E-state index is 13.1. The zero-order chi connectivity index (χ0) is 77.1. The van der Waals surface area contributed by atoms with Crippen LogP contribution in [0.4, 0.5) is 0 Å². The molecule has 0 heterocycles. The number of carbonyl (C=O) groups excluding carboxylic acids is 4. The lowest BCUT2D eigenvalue weighted by Gasteiger charge is -2.21. The van der Waals surface area contributed by atoms with Gasteiger partial charge in [0, 0.05) is 25.7 Å². The number of unbranched alkanes of at least 4 members (excludes halogenated alkanes) is 55. The monoisotopic (exact) mass is 1540 g/mol. The molecule has 2 unspecified atom stereocenters. The van der Waals surface area contributed by atoms with Crippen LogP contribution in [-0.4, -0.2) is 96.7 Å². The van der Waals surface area contributed by atoms with Gasteiger partial charge in [0.15, 0.2) is 12.2 Å². The van der Waals surface area contributed by atoms with Crippen molar-refractivity contribution in [3.05, 3.63) is 0 Å². The molecule has 3 N–H and O–H groups in total. The van der Waals surface area contributed by atoms with E-state index in [1.165, 1.54) is 276 Å². The average Bonchev–Trinajstić information content (AvgIpc) is 0.906. The van der Waals surface area contributed by atoms with Crippen molar-refractivity contribution >= 4 is 39.5 Å². The van der Waals surface area contributed by atoms with Crippen molar-refractivity contribution in [3.8, 4) is 0 Å². The second kappa shape index (κ2) is 77.4. The molecule has 0 aromatic heterocycles. The van der Waals surface area contributed by atoms with E-state index in [2.05, 4.69) is 41.5 Å². The molecule has 0 saturated carbocycles. The van der Waals surface area contributed by atoms with Gasteiger partial charge in [-0.2, -0.15) is 0 Å². The van der Waals surface area contributed by atoms with Crippen molar-refractivity contribution in [1.29, 1.82) is 0 Å². The number of aliphatic hydroxyl groups is 1. The molecule has 624 valence electrons. The SMILES string of the molecule is CCCCCCCCCCCCCCCCCCCCCCCC(=O)O[C@H](COC(=O)CCCCCCCCCCCCCCCCC(C)C)COP(=O)(O)OC[C@@H](O)COP(=O)(O)OC[C@@H](COC(=O)CCCCCCCCCCCCC(C)C)OC(=O)CCCCCCCCCCCCCCCC. The van der Waals surface area contributed by atoms with E-state index < -0.39 is 97.5 Å². The maximum absolute atomic E-state index is 13.1. The number of aliphatic hydroxyl groups excluding tert-OH is 1. The Morgan fingerprint density at radius 3 is 0.648 bits per heavy atom. The second-order valence-corrected chi connectivity index (χ2v) is 34.8. The van der Waals surface area contributed by atoms with E-state index in [0.717, 1.165) is 102 Å². The van der Waals surface area contributed by atoms with Crippen LogP contribution >= 0.6 is 15.6 Å². The molecule has 0 aromatic carbocycles. The summed E-state index contributed by atoms with van der Waals surface area (Å²) in [7, 11) is -9.93. The van der Waals surface area contributed by atoms with Gasteiger partial charge in [-0.15, -0.1) is 0 Å². The third-order valence-corrected chi connectivity index (χ3v) is 22.1. The van der Waals surface area contributed by atoms with E-state index in [-0.39, 0.29) is 25.7 Å². The molecule has 0 saturated heterocycles. The van der Waals surface area contributed by atoms with Crippen LogP contribution in [0.3, 0.4) is 0 Å². The predicted octanol–water partition coefficient (Wildman–Crippen LogP) is 26.2. The summed E-state index contributed by atoms with van der Waals surface area (Å²) < 4.78 is 68.9. The molecule has 17 nitrogen and oxygen atoms in total. The lowest BCUT2D eigenvalue weighted by Crippen LogP contribution is -2.30. The Balaban J connectivity index is 5.25. The number of carbonyl (C=O) groups is 4. The van der Waals surface area contributed by atoms with Gasteiger partial charge in [-0.3, -0.25) is 37.3 Å². The molecule has 5 atom stereocenters. The van der Waals surface area contributed by atoms with Crippen LogP contribution in [0.25, 0.3) is 0 Å². The molecule has 0 bridgehead atoms. The average molecular weight is 1540 g/mol. The summed E-state index contributed by atoms with van der Waals surface area (Å²) in [6.07, 6.45) is 69.4. The molecule has 0 spiro atoms. The first kappa shape index (κ1) is 103. The van der Waals surface area contributed by atoms with Gasteiger partial charge in [-0.05, 0) is 37.5 Å². The third-order valence-electron chi connectivity index (χ3n) is 20.2. The number of hydrogen-bond donors (Lipinski definition) is 3. The fraction of sp³-hybridized carbons (Fsp3) is 0.953. The maximum Gasteiger partial charge on any atom is 0.472 e. The largest absolute Gasteiger partial charge is 0.472 e. The summed E-state index contributed by atoms with van der Waals surface area (Å²) in [6, 6.07) is 0. The number of ether oxygens (including phenoxy) is 4.